The maximum Gasteiger partial charge on any atom is 0.354 e. The molecule has 11 heteroatoms. The Morgan fingerprint density at radius 1 is 1.11 bits per heavy atom. The van der Waals surface area contributed by atoms with E-state index in [0.717, 1.165) is 41.4 Å². The summed E-state index contributed by atoms with van der Waals surface area (Å²) in [4.78, 5) is 28.9. The summed E-state index contributed by atoms with van der Waals surface area (Å²) in [5.74, 6) is -1.93. The molecule has 1 aliphatic carbocycles. The second-order valence-electron chi connectivity index (χ2n) is 11.8. The number of rotatable bonds is 10. The maximum absolute atomic E-state index is 13.4. The molecule has 2 heterocycles. The van der Waals surface area contributed by atoms with Crippen LogP contribution in [-0.2, 0) is 23.0 Å². The van der Waals surface area contributed by atoms with E-state index >= 15 is 0 Å². The first kappa shape index (κ1) is 31.5. The molecule has 5 rings (SSSR count). The van der Waals surface area contributed by atoms with Gasteiger partial charge in [-0.1, -0.05) is 66.6 Å². The fourth-order valence-corrected chi connectivity index (χ4v) is 7.26. The first-order chi connectivity index (χ1) is 20.9. The van der Waals surface area contributed by atoms with Gasteiger partial charge in [0.2, 0.25) is 10.0 Å². The van der Waals surface area contributed by atoms with Gasteiger partial charge in [-0.25, -0.2) is 22.9 Å². The molecule has 232 valence electrons. The van der Waals surface area contributed by atoms with Gasteiger partial charge >= 0.3 is 5.97 Å². The average molecular weight is 619 g/mol. The standard InChI is InChI=1S/C33H38N4O6S/c1-19-14-15-24(22(16-19)17-21-8-6-12-27(20(21)2)37-44(3,42)43)30-29(25-10-4-5-11-26(25)31(38)36-30)32(39)34-18-23-9-7-13-28(35-23)33(40)41/h4-5,7,9-11,13-16,21,27,29-30,32,34,37,39H,2,6,8,12,17-18H2,1,3H3,(H,36,38)(H,40,41)/t21?,27-,29+,30-,32?/m0/s1. The SMILES string of the molecule is C=C1C(Cc2cc(C)ccc2[C@@H]2NC(=O)c3ccccc3[C@H]2C(O)NCc2cccc(C(=O)O)n2)CCC[C@@H]1NS(C)(=O)=O. The number of carboxylic acids is 1. The molecule has 2 aromatic carbocycles. The molecule has 1 aromatic heterocycles. The number of carbonyl (C=O) groups excluding carboxylic acids is 1. The van der Waals surface area contributed by atoms with Crippen molar-refractivity contribution in [1.82, 2.24) is 20.3 Å². The van der Waals surface area contributed by atoms with Gasteiger partial charge in [-0.05, 0) is 67.0 Å². The summed E-state index contributed by atoms with van der Waals surface area (Å²) < 4.78 is 26.7. The lowest BCUT2D eigenvalue weighted by Gasteiger charge is -2.39. The molecule has 1 amide bonds. The monoisotopic (exact) mass is 618 g/mol. The zero-order chi connectivity index (χ0) is 31.6. The number of aliphatic hydroxyl groups is 1. The van der Waals surface area contributed by atoms with E-state index in [1.54, 1.807) is 24.3 Å². The summed E-state index contributed by atoms with van der Waals surface area (Å²) in [5, 5.41) is 27.2. The van der Waals surface area contributed by atoms with E-state index < -0.39 is 34.2 Å². The van der Waals surface area contributed by atoms with Crippen molar-refractivity contribution in [2.24, 2.45) is 5.92 Å². The van der Waals surface area contributed by atoms with Crippen LogP contribution in [0.5, 0.6) is 0 Å². The first-order valence-electron chi connectivity index (χ1n) is 14.7. The second-order valence-corrected chi connectivity index (χ2v) is 13.5. The van der Waals surface area contributed by atoms with Gasteiger partial charge in [0.25, 0.3) is 5.91 Å². The predicted octanol–water partition coefficient (Wildman–Crippen LogP) is 3.58. The Morgan fingerprint density at radius 2 is 1.89 bits per heavy atom. The van der Waals surface area contributed by atoms with Crippen molar-refractivity contribution < 1.29 is 28.2 Å². The largest absolute Gasteiger partial charge is 0.477 e. The number of hydrogen-bond donors (Lipinski definition) is 5. The highest BCUT2D eigenvalue weighted by atomic mass is 32.2. The Bertz CT molecular complexity index is 1690. The van der Waals surface area contributed by atoms with Crippen molar-refractivity contribution in [3.05, 3.63) is 112 Å². The molecular formula is C33H38N4O6S. The molecule has 2 unspecified atom stereocenters. The number of pyridine rings is 1. The third-order valence-electron chi connectivity index (χ3n) is 8.54. The van der Waals surface area contributed by atoms with Gasteiger partial charge in [0.1, 0.15) is 11.9 Å². The van der Waals surface area contributed by atoms with E-state index in [1.165, 1.54) is 6.07 Å². The number of aromatic carboxylic acids is 1. The van der Waals surface area contributed by atoms with Gasteiger partial charge in [-0.15, -0.1) is 0 Å². The zero-order valence-electron chi connectivity index (χ0n) is 24.8. The summed E-state index contributed by atoms with van der Waals surface area (Å²) in [6.07, 6.45) is 3.05. The number of nitrogens with zero attached hydrogens (tertiary/aromatic N) is 1. The maximum atomic E-state index is 13.4. The number of nitrogens with one attached hydrogen (secondary N) is 3. The van der Waals surface area contributed by atoms with E-state index in [0.29, 0.717) is 29.7 Å². The van der Waals surface area contributed by atoms with Crippen molar-refractivity contribution in [3.8, 4) is 0 Å². The minimum Gasteiger partial charge on any atom is -0.477 e. The number of aryl methyl sites for hydroxylation is 1. The molecular weight excluding hydrogens is 580 g/mol. The summed E-state index contributed by atoms with van der Waals surface area (Å²) in [6, 6.07) is 17.0. The van der Waals surface area contributed by atoms with E-state index in [9.17, 15) is 28.2 Å². The Labute approximate surface area is 257 Å². The number of benzene rings is 2. The zero-order valence-corrected chi connectivity index (χ0v) is 25.6. The van der Waals surface area contributed by atoms with Crippen molar-refractivity contribution >= 4 is 21.9 Å². The minimum atomic E-state index is -3.40. The van der Waals surface area contributed by atoms with Crippen LogP contribution in [0.3, 0.4) is 0 Å². The molecule has 10 nitrogen and oxygen atoms in total. The topological polar surface area (TPSA) is 158 Å². The Balaban J connectivity index is 1.47. The van der Waals surface area contributed by atoms with E-state index in [1.807, 2.05) is 31.2 Å². The average Bonchev–Trinajstić information content (AvgIpc) is 2.97. The molecule has 5 N–H and O–H groups in total. The molecule has 0 saturated heterocycles. The number of fused-ring (bicyclic) bond motifs is 1. The van der Waals surface area contributed by atoms with Crippen LogP contribution < -0.4 is 15.4 Å². The Hall–Kier alpha value is -3.90. The Kier molecular flexibility index (Phi) is 9.31. The van der Waals surface area contributed by atoms with Crippen LogP contribution in [-0.4, -0.2) is 54.0 Å². The molecule has 5 atom stereocenters. The lowest BCUT2D eigenvalue weighted by molar-refractivity contribution is 0.0689. The lowest BCUT2D eigenvalue weighted by Crippen LogP contribution is -2.47. The van der Waals surface area contributed by atoms with E-state index in [-0.39, 0.29) is 30.1 Å². The molecule has 0 spiro atoms. The first-order valence-corrected chi connectivity index (χ1v) is 16.6. The van der Waals surface area contributed by atoms with Gasteiger partial charge in [0.05, 0.1) is 18.0 Å². The number of amides is 1. The third kappa shape index (κ3) is 7.07. The van der Waals surface area contributed by atoms with Gasteiger partial charge in [0.15, 0.2) is 0 Å². The van der Waals surface area contributed by atoms with Crippen LogP contribution in [0.1, 0.15) is 80.0 Å². The van der Waals surface area contributed by atoms with Crippen LogP contribution in [0.25, 0.3) is 0 Å². The van der Waals surface area contributed by atoms with E-state index in [2.05, 4.69) is 33.0 Å². The minimum absolute atomic E-state index is 0.0317. The van der Waals surface area contributed by atoms with E-state index in [4.69, 9.17) is 0 Å². The van der Waals surface area contributed by atoms with Crippen molar-refractivity contribution in [1.29, 1.82) is 0 Å². The van der Waals surface area contributed by atoms with Crippen LogP contribution in [0, 0.1) is 12.8 Å². The fourth-order valence-electron chi connectivity index (χ4n) is 6.47. The molecule has 2 aliphatic rings. The molecule has 0 radical (unpaired) electrons. The number of carboxylic acid groups (broad SMARTS) is 1. The quantitative estimate of drug-likeness (QED) is 0.170. The molecule has 1 aliphatic heterocycles. The number of sulfonamides is 1. The highest BCUT2D eigenvalue weighted by Gasteiger charge is 2.40. The van der Waals surface area contributed by atoms with Crippen LogP contribution in [0.15, 0.2) is 72.8 Å². The third-order valence-corrected chi connectivity index (χ3v) is 9.25. The van der Waals surface area contributed by atoms with Gasteiger partial charge in [0, 0.05) is 24.1 Å². The molecule has 1 saturated carbocycles. The smallest absolute Gasteiger partial charge is 0.354 e. The van der Waals surface area contributed by atoms with Crippen LogP contribution in [0.2, 0.25) is 0 Å². The second kappa shape index (κ2) is 13.0. The highest BCUT2D eigenvalue weighted by molar-refractivity contribution is 7.88. The van der Waals surface area contributed by atoms with Crippen molar-refractivity contribution in [2.45, 2.75) is 63.4 Å². The number of carbonyl (C=O) groups is 2. The summed E-state index contributed by atoms with van der Waals surface area (Å²) >= 11 is 0. The van der Waals surface area contributed by atoms with Gasteiger partial charge < -0.3 is 15.5 Å². The lowest BCUT2D eigenvalue weighted by atomic mass is 9.75. The molecule has 1 fully saturated rings. The summed E-state index contributed by atoms with van der Waals surface area (Å²) in [6.45, 7) is 6.40. The predicted molar refractivity (Wildman–Crippen MR) is 167 cm³/mol. The number of hydrogen-bond acceptors (Lipinski definition) is 7. The number of aliphatic hydroxyl groups excluding tert-OH is 1. The molecule has 44 heavy (non-hydrogen) atoms. The molecule has 3 aromatic rings. The number of aromatic nitrogens is 1. The summed E-state index contributed by atoms with van der Waals surface area (Å²) in [7, 11) is -3.40. The van der Waals surface area contributed by atoms with Crippen LogP contribution in [0.4, 0.5) is 0 Å². The normalized spacial score (nSPS) is 22.6. The highest BCUT2D eigenvalue weighted by Crippen LogP contribution is 2.41. The summed E-state index contributed by atoms with van der Waals surface area (Å²) in [5.41, 5.74) is 5.28. The van der Waals surface area contributed by atoms with Gasteiger partial charge in [-0.3, -0.25) is 10.1 Å². The van der Waals surface area contributed by atoms with Gasteiger partial charge in [-0.2, -0.15) is 0 Å². The fraction of sp³-hybridized carbons (Fsp3) is 0.364. The van der Waals surface area contributed by atoms with Crippen LogP contribution >= 0.6 is 0 Å². The molecule has 0 bridgehead atoms. The Morgan fingerprint density at radius 3 is 2.64 bits per heavy atom. The van der Waals surface area contributed by atoms with Crippen molar-refractivity contribution in [3.63, 3.8) is 0 Å². The van der Waals surface area contributed by atoms with Crippen molar-refractivity contribution in [2.75, 3.05) is 6.26 Å².